The van der Waals surface area contributed by atoms with Crippen LogP contribution in [0.5, 0.6) is 5.75 Å². The van der Waals surface area contributed by atoms with Crippen LogP contribution in [0.4, 0.5) is 0 Å². The van der Waals surface area contributed by atoms with Crippen molar-refractivity contribution in [3.8, 4) is 11.8 Å². The van der Waals surface area contributed by atoms with Gasteiger partial charge in [0.05, 0.1) is 12.2 Å². The van der Waals surface area contributed by atoms with Gasteiger partial charge >= 0.3 is 0 Å². The number of hydrogen-bond donors (Lipinski definition) is 0. The van der Waals surface area contributed by atoms with Gasteiger partial charge in [-0.2, -0.15) is 5.26 Å². The summed E-state index contributed by atoms with van der Waals surface area (Å²) in [5, 5.41) is 8.94. The summed E-state index contributed by atoms with van der Waals surface area (Å²) in [6, 6.07) is 9.45. The molecular weight excluding hydrogens is 262 g/mol. The number of nitrogens with zero attached hydrogens (tertiary/aromatic N) is 1. The number of rotatable bonds is 12. The fourth-order valence-electron chi connectivity index (χ4n) is 2.11. The van der Waals surface area contributed by atoms with Crippen molar-refractivity contribution in [1.29, 1.82) is 5.26 Å². The highest BCUT2D eigenvalue weighted by molar-refractivity contribution is 5.42. The highest BCUT2D eigenvalue weighted by atomic mass is 16.5. The van der Waals surface area contributed by atoms with E-state index in [0.717, 1.165) is 26.1 Å². The van der Waals surface area contributed by atoms with Crippen molar-refractivity contribution in [3.05, 3.63) is 29.8 Å². The molecule has 3 nitrogen and oxygen atoms in total. The van der Waals surface area contributed by atoms with Crippen molar-refractivity contribution >= 4 is 0 Å². The maximum atomic E-state index is 8.94. The molecule has 0 heterocycles. The summed E-state index contributed by atoms with van der Waals surface area (Å²) in [6.45, 7) is 4.40. The van der Waals surface area contributed by atoms with E-state index in [9.17, 15) is 0 Å². The van der Waals surface area contributed by atoms with Gasteiger partial charge in [0.1, 0.15) is 11.8 Å². The Morgan fingerprint density at radius 1 is 0.905 bits per heavy atom. The molecule has 0 N–H and O–H groups in total. The van der Waals surface area contributed by atoms with E-state index in [1.807, 2.05) is 18.2 Å². The van der Waals surface area contributed by atoms with E-state index >= 15 is 0 Å². The Bertz CT molecular complexity index is 412. The molecule has 1 aromatic rings. The van der Waals surface area contributed by atoms with E-state index in [-0.39, 0.29) is 0 Å². The second kappa shape index (κ2) is 12.2. The zero-order valence-electron chi connectivity index (χ0n) is 13.1. The van der Waals surface area contributed by atoms with Gasteiger partial charge in [0.15, 0.2) is 0 Å². The molecule has 3 heteroatoms. The lowest BCUT2D eigenvalue weighted by molar-refractivity contribution is 0.115. The molecular formula is C18H27NO2. The lowest BCUT2D eigenvalue weighted by Gasteiger charge is -2.08. The van der Waals surface area contributed by atoms with E-state index in [0.29, 0.717) is 17.9 Å². The van der Waals surface area contributed by atoms with E-state index in [1.54, 1.807) is 6.07 Å². The van der Waals surface area contributed by atoms with E-state index in [1.165, 1.54) is 32.1 Å². The summed E-state index contributed by atoms with van der Waals surface area (Å²) >= 11 is 0. The molecule has 0 unspecified atom stereocenters. The quantitative estimate of drug-likeness (QED) is 0.524. The lowest BCUT2D eigenvalue weighted by atomic mass is 10.1. The normalized spacial score (nSPS) is 10.3. The third-order valence-electron chi connectivity index (χ3n) is 3.34. The predicted molar refractivity (Wildman–Crippen MR) is 85.5 cm³/mol. The predicted octanol–water partition coefficient (Wildman–Crippen LogP) is 4.70. The molecule has 0 aliphatic carbocycles. The van der Waals surface area contributed by atoms with Gasteiger partial charge in [-0.15, -0.1) is 0 Å². The Hall–Kier alpha value is -1.53. The minimum Gasteiger partial charge on any atom is -0.492 e. The Morgan fingerprint density at radius 3 is 2.43 bits per heavy atom. The first-order valence-corrected chi connectivity index (χ1v) is 8.08. The summed E-state index contributed by atoms with van der Waals surface area (Å²) in [4.78, 5) is 0. The molecule has 1 aromatic carbocycles. The first-order chi connectivity index (χ1) is 10.4. The Balaban J connectivity index is 1.94. The van der Waals surface area contributed by atoms with Crippen molar-refractivity contribution in [2.75, 3.05) is 19.8 Å². The summed E-state index contributed by atoms with van der Waals surface area (Å²) in [5.74, 6) is 0.663. The molecule has 21 heavy (non-hydrogen) atoms. The molecule has 0 aromatic heterocycles. The van der Waals surface area contributed by atoms with Gasteiger partial charge in [0.2, 0.25) is 0 Å². The number of para-hydroxylation sites is 1. The fraction of sp³-hybridized carbons (Fsp3) is 0.611. The molecule has 0 amide bonds. The van der Waals surface area contributed by atoms with Gasteiger partial charge in [-0.1, -0.05) is 51.2 Å². The average Bonchev–Trinajstić information content (AvgIpc) is 2.53. The van der Waals surface area contributed by atoms with Gasteiger partial charge in [-0.3, -0.25) is 0 Å². The molecule has 0 aliphatic heterocycles. The van der Waals surface area contributed by atoms with Gasteiger partial charge in [0, 0.05) is 19.6 Å². The standard InChI is InChI=1S/C18H27NO2/c1-2-3-4-5-6-9-13-20-14-10-15-21-18-12-8-7-11-17(18)16-19/h7-8,11-12H,2-6,9-10,13-15H2,1H3. The molecule has 0 radical (unpaired) electrons. The molecule has 116 valence electrons. The van der Waals surface area contributed by atoms with Crippen LogP contribution in [-0.4, -0.2) is 19.8 Å². The van der Waals surface area contributed by atoms with Crippen LogP contribution < -0.4 is 4.74 Å². The average molecular weight is 289 g/mol. The Kier molecular flexibility index (Phi) is 10.2. The summed E-state index contributed by atoms with van der Waals surface area (Å²) in [5.41, 5.74) is 0.588. The molecule has 0 spiro atoms. The SMILES string of the molecule is CCCCCCCCOCCCOc1ccccc1C#N. The van der Waals surface area contributed by atoms with E-state index in [4.69, 9.17) is 14.7 Å². The monoisotopic (exact) mass is 289 g/mol. The zero-order chi connectivity index (χ0) is 15.2. The van der Waals surface area contributed by atoms with Crippen LogP contribution in [-0.2, 0) is 4.74 Å². The first-order valence-electron chi connectivity index (χ1n) is 8.08. The third-order valence-corrected chi connectivity index (χ3v) is 3.34. The lowest BCUT2D eigenvalue weighted by Crippen LogP contribution is -2.04. The summed E-state index contributed by atoms with van der Waals surface area (Å²) in [6.07, 6.45) is 8.60. The van der Waals surface area contributed by atoms with Crippen molar-refractivity contribution in [2.24, 2.45) is 0 Å². The number of ether oxygens (including phenoxy) is 2. The van der Waals surface area contributed by atoms with Gasteiger partial charge < -0.3 is 9.47 Å². The number of nitriles is 1. The smallest absolute Gasteiger partial charge is 0.137 e. The molecule has 0 atom stereocenters. The van der Waals surface area contributed by atoms with E-state index in [2.05, 4.69) is 13.0 Å². The Labute approximate surface area is 128 Å². The second-order valence-electron chi connectivity index (χ2n) is 5.19. The molecule has 0 saturated carbocycles. The number of unbranched alkanes of at least 4 members (excludes halogenated alkanes) is 5. The highest BCUT2D eigenvalue weighted by Crippen LogP contribution is 2.16. The summed E-state index contributed by atoms with van der Waals surface area (Å²) in [7, 11) is 0. The molecule has 0 aliphatic rings. The zero-order valence-corrected chi connectivity index (χ0v) is 13.1. The van der Waals surface area contributed by atoms with Crippen LogP contribution in [0.25, 0.3) is 0 Å². The fourth-order valence-corrected chi connectivity index (χ4v) is 2.11. The third kappa shape index (κ3) is 8.37. The Morgan fingerprint density at radius 2 is 1.62 bits per heavy atom. The number of hydrogen-bond acceptors (Lipinski definition) is 3. The van der Waals surface area contributed by atoms with Crippen molar-refractivity contribution in [1.82, 2.24) is 0 Å². The first kappa shape index (κ1) is 17.5. The van der Waals surface area contributed by atoms with Crippen LogP contribution >= 0.6 is 0 Å². The van der Waals surface area contributed by atoms with Crippen LogP contribution in [0.15, 0.2) is 24.3 Å². The highest BCUT2D eigenvalue weighted by Gasteiger charge is 2.00. The van der Waals surface area contributed by atoms with Gasteiger partial charge in [-0.05, 0) is 18.6 Å². The van der Waals surface area contributed by atoms with Crippen molar-refractivity contribution in [3.63, 3.8) is 0 Å². The minimum absolute atomic E-state index is 0.588. The van der Waals surface area contributed by atoms with Crippen LogP contribution in [0.1, 0.15) is 57.4 Å². The van der Waals surface area contributed by atoms with Crippen LogP contribution in [0, 0.1) is 11.3 Å². The van der Waals surface area contributed by atoms with Crippen LogP contribution in [0.2, 0.25) is 0 Å². The number of benzene rings is 1. The largest absolute Gasteiger partial charge is 0.492 e. The van der Waals surface area contributed by atoms with Crippen molar-refractivity contribution < 1.29 is 9.47 Å². The molecule has 1 rings (SSSR count). The molecule has 0 bridgehead atoms. The van der Waals surface area contributed by atoms with E-state index < -0.39 is 0 Å². The van der Waals surface area contributed by atoms with Gasteiger partial charge in [-0.25, -0.2) is 0 Å². The second-order valence-corrected chi connectivity index (χ2v) is 5.19. The maximum absolute atomic E-state index is 8.94. The van der Waals surface area contributed by atoms with Crippen molar-refractivity contribution in [2.45, 2.75) is 51.9 Å². The summed E-state index contributed by atoms with van der Waals surface area (Å²) < 4.78 is 11.2. The molecule has 0 saturated heterocycles. The van der Waals surface area contributed by atoms with Gasteiger partial charge in [0.25, 0.3) is 0 Å². The topological polar surface area (TPSA) is 42.2 Å². The molecule has 0 fully saturated rings. The minimum atomic E-state index is 0.588. The van der Waals surface area contributed by atoms with Crippen LogP contribution in [0.3, 0.4) is 0 Å². The maximum Gasteiger partial charge on any atom is 0.137 e.